The fourth-order valence-corrected chi connectivity index (χ4v) is 4.29. The largest absolute Gasteiger partial charge is 0.497 e. The lowest BCUT2D eigenvalue weighted by Crippen LogP contribution is -2.43. The Bertz CT molecular complexity index is 940. The molecule has 0 radical (unpaired) electrons. The Morgan fingerprint density at radius 1 is 1.07 bits per heavy atom. The molecule has 0 spiro atoms. The van der Waals surface area contributed by atoms with Crippen molar-refractivity contribution in [3.63, 3.8) is 0 Å². The minimum atomic E-state index is -0.810. The van der Waals surface area contributed by atoms with Crippen molar-refractivity contribution in [1.29, 1.82) is 0 Å². The Morgan fingerprint density at radius 2 is 1.80 bits per heavy atom. The topological polar surface area (TPSA) is 79.0 Å². The lowest BCUT2D eigenvalue weighted by atomic mass is 10.1. The van der Waals surface area contributed by atoms with Crippen molar-refractivity contribution in [2.45, 2.75) is 44.2 Å². The van der Waals surface area contributed by atoms with E-state index in [4.69, 9.17) is 4.74 Å². The zero-order chi connectivity index (χ0) is 21.1. The van der Waals surface area contributed by atoms with Crippen LogP contribution in [0.25, 0.3) is 0 Å². The predicted octanol–water partition coefficient (Wildman–Crippen LogP) is 3.80. The van der Waals surface area contributed by atoms with Crippen LogP contribution in [0.1, 0.15) is 32.1 Å². The summed E-state index contributed by atoms with van der Waals surface area (Å²) in [5.41, 5.74) is 1.12. The van der Waals surface area contributed by atoms with Crippen molar-refractivity contribution < 1.29 is 19.1 Å². The second-order valence-corrected chi connectivity index (χ2v) is 7.64. The summed E-state index contributed by atoms with van der Waals surface area (Å²) < 4.78 is 5.24. The van der Waals surface area contributed by atoms with Crippen molar-refractivity contribution in [3.8, 4) is 5.75 Å². The van der Waals surface area contributed by atoms with Crippen molar-refractivity contribution in [1.82, 2.24) is 4.90 Å². The van der Waals surface area contributed by atoms with Gasteiger partial charge in [-0.1, -0.05) is 37.1 Å². The molecule has 2 aromatic carbocycles. The highest BCUT2D eigenvalue weighted by Crippen LogP contribution is 2.35. The summed E-state index contributed by atoms with van der Waals surface area (Å²) in [5, 5.41) is 2.82. The summed E-state index contributed by atoms with van der Waals surface area (Å²) in [4.78, 5) is 42.1. The normalized spacial score (nSPS) is 19.4. The van der Waals surface area contributed by atoms with Crippen LogP contribution in [0.4, 0.5) is 16.2 Å². The molecule has 2 fully saturated rings. The second kappa shape index (κ2) is 8.57. The van der Waals surface area contributed by atoms with Crippen LogP contribution < -0.4 is 15.0 Å². The van der Waals surface area contributed by atoms with Gasteiger partial charge < -0.3 is 15.0 Å². The maximum atomic E-state index is 13.3. The molecule has 0 aromatic heterocycles. The number of anilines is 2. The van der Waals surface area contributed by atoms with E-state index in [2.05, 4.69) is 5.32 Å². The molecule has 4 rings (SSSR count). The van der Waals surface area contributed by atoms with E-state index in [0.29, 0.717) is 17.1 Å². The lowest BCUT2D eigenvalue weighted by molar-refractivity contribution is -0.124. The summed E-state index contributed by atoms with van der Waals surface area (Å²) in [6, 6.07) is 14.8. The first kappa shape index (κ1) is 19.9. The first-order chi connectivity index (χ1) is 14.6. The minimum absolute atomic E-state index is 0.0217. The molecule has 0 bridgehead atoms. The van der Waals surface area contributed by atoms with Crippen molar-refractivity contribution >= 4 is 29.2 Å². The minimum Gasteiger partial charge on any atom is -0.497 e. The molecule has 7 nitrogen and oxygen atoms in total. The summed E-state index contributed by atoms with van der Waals surface area (Å²) in [6.07, 6.45) is 3.66. The van der Waals surface area contributed by atoms with Gasteiger partial charge in [-0.3, -0.25) is 9.59 Å². The third-order valence-electron chi connectivity index (χ3n) is 5.72. The van der Waals surface area contributed by atoms with Gasteiger partial charge in [-0.25, -0.2) is 9.69 Å². The Hall–Kier alpha value is -3.35. The maximum Gasteiger partial charge on any atom is 0.332 e. The smallest absolute Gasteiger partial charge is 0.332 e. The quantitative estimate of drug-likeness (QED) is 0.739. The Balaban J connectivity index is 1.60. The van der Waals surface area contributed by atoms with E-state index in [1.807, 2.05) is 18.2 Å². The maximum absolute atomic E-state index is 13.3. The molecule has 1 aliphatic heterocycles. The van der Waals surface area contributed by atoms with E-state index in [1.165, 1.54) is 12.0 Å². The van der Waals surface area contributed by atoms with Crippen molar-refractivity contribution in [2.75, 3.05) is 17.3 Å². The molecule has 1 N–H and O–H groups in total. The van der Waals surface area contributed by atoms with Crippen LogP contribution in [-0.4, -0.2) is 41.9 Å². The fraction of sp³-hybridized carbons (Fsp3) is 0.348. The number of hydrogen-bond acceptors (Lipinski definition) is 4. The number of hydrogen-bond donors (Lipinski definition) is 1. The zero-order valence-electron chi connectivity index (χ0n) is 16.9. The average Bonchev–Trinajstić information content (AvgIpc) is 3.35. The molecule has 1 aliphatic carbocycles. The van der Waals surface area contributed by atoms with Gasteiger partial charge in [0.1, 0.15) is 11.8 Å². The molecule has 2 aromatic rings. The highest BCUT2D eigenvalue weighted by molar-refractivity contribution is 6.22. The molecule has 30 heavy (non-hydrogen) atoms. The summed E-state index contributed by atoms with van der Waals surface area (Å²) in [6.45, 7) is 0. The molecule has 1 heterocycles. The molecule has 7 heteroatoms. The number of para-hydroxylation sites is 1. The number of urea groups is 1. The number of methoxy groups -OCH3 is 1. The first-order valence-electron chi connectivity index (χ1n) is 10.2. The Kier molecular flexibility index (Phi) is 5.70. The third kappa shape index (κ3) is 3.87. The number of nitrogens with one attached hydrogen (secondary N) is 1. The lowest BCUT2D eigenvalue weighted by Gasteiger charge is -2.27. The van der Waals surface area contributed by atoms with E-state index in [0.717, 1.165) is 25.7 Å². The van der Waals surface area contributed by atoms with E-state index in [9.17, 15) is 14.4 Å². The number of imide groups is 1. The molecule has 1 saturated carbocycles. The van der Waals surface area contributed by atoms with Crippen LogP contribution >= 0.6 is 0 Å². The molecule has 2 aliphatic rings. The van der Waals surface area contributed by atoms with Crippen LogP contribution in [0, 0.1) is 0 Å². The highest BCUT2D eigenvalue weighted by Gasteiger charge is 2.49. The number of carbonyl (C=O) groups is 3. The van der Waals surface area contributed by atoms with E-state index in [1.54, 1.807) is 41.3 Å². The number of carbonyl (C=O) groups excluding carboxylic acids is 3. The predicted molar refractivity (Wildman–Crippen MR) is 113 cm³/mol. The SMILES string of the molecule is COc1cccc(N2C(=O)[C@@H](CC(=O)Nc3ccccc3)N(C3CCCC3)C2=O)c1. The van der Waals surface area contributed by atoms with Gasteiger partial charge in [0.2, 0.25) is 5.91 Å². The first-order valence-corrected chi connectivity index (χ1v) is 10.2. The molecule has 1 atom stereocenters. The van der Waals surface area contributed by atoms with Crippen molar-refractivity contribution in [3.05, 3.63) is 54.6 Å². The number of rotatable bonds is 6. The van der Waals surface area contributed by atoms with Crippen LogP contribution in [0.5, 0.6) is 5.75 Å². The summed E-state index contributed by atoms with van der Waals surface area (Å²) in [7, 11) is 1.54. The summed E-state index contributed by atoms with van der Waals surface area (Å²) in [5.74, 6) is -0.100. The summed E-state index contributed by atoms with van der Waals surface area (Å²) >= 11 is 0. The van der Waals surface area contributed by atoms with Crippen molar-refractivity contribution in [2.24, 2.45) is 0 Å². The van der Waals surface area contributed by atoms with Gasteiger partial charge in [0.05, 0.1) is 19.2 Å². The van der Waals surface area contributed by atoms with Crippen LogP contribution in [0.2, 0.25) is 0 Å². The van der Waals surface area contributed by atoms with Gasteiger partial charge in [-0.05, 0) is 37.1 Å². The Morgan fingerprint density at radius 3 is 2.50 bits per heavy atom. The third-order valence-corrected chi connectivity index (χ3v) is 5.72. The van der Waals surface area contributed by atoms with Crippen LogP contribution in [0.15, 0.2) is 54.6 Å². The Labute approximate surface area is 175 Å². The fourth-order valence-electron chi connectivity index (χ4n) is 4.29. The van der Waals surface area contributed by atoms with Crippen LogP contribution in [0.3, 0.4) is 0 Å². The van der Waals surface area contributed by atoms with Gasteiger partial charge >= 0.3 is 6.03 Å². The molecule has 0 unspecified atom stereocenters. The number of amides is 4. The van der Waals surface area contributed by atoms with Gasteiger partial charge in [0, 0.05) is 17.8 Å². The van der Waals surface area contributed by atoms with Gasteiger partial charge in [-0.15, -0.1) is 0 Å². The standard InChI is InChI=1S/C23H25N3O4/c1-30-19-13-7-12-18(14-19)26-22(28)20(25(23(26)29)17-10-5-6-11-17)15-21(27)24-16-8-3-2-4-9-16/h2-4,7-9,12-14,17,20H,5-6,10-11,15H2,1H3,(H,24,27)/t20-/m1/s1. The molecule has 1 saturated heterocycles. The molecule has 156 valence electrons. The van der Waals surface area contributed by atoms with Crippen LogP contribution in [-0.2, 0) is 9.59 Å². The van der Waals surface area contributed by atoms with E-state index >= 15 is 0 Å². The molecule has 4 amide bonds. The van der Waals surface area contributed by atoms with E-state index < -0.39 is 6.04 Å². The highest BCUT2D eigenvalue weighted by atomic mass is 16.5. The average molecular weight is 407 g/mol. The molecular formula is C23H25N3O4. The van der Waals surface area contributed by atoms with E-state index in [-0.39, 0.29) is 30.3 Å². The number of ether oxygens (including phenoxy) is 1. The second-order valence-electron chi connectivity index (χ2n) is 7.64. The zero-order valence-corrected chi connectivity index (χ0v) is 16.9. The monoisotopic (exact) mass is 407 g/mol. The molecular weight excluding hydrogens is 382 g/mol. The number of nitrogens with zero attached hydrogens (tertiary/aromatic N) is 2. The van der Waals surface area contributed by atoms with Gasteiger partial charge in [0.15, 0.2) is 0 Å². The number of benzene rings is 2. The van der Waals surface area contributed by atoms with Gasteiger partial charge in [0.25, 0.3) is 5.91 Å². The van der Waals surface area contributed by atoms with Gasteiger partial charge in [-0.2, -0.15) is 0 Å².